The van der Waals surface area contributed by atoms with Crippen molar-refractivity contribution in [1.29, 1.82) is 0 Å². The molecule has 0 unspecified atom stereocenters. The Morgan fingerprint density at radius 3 is 2.84 bits per heavy atom. The van der Waals surface area contributed by atoms with Crippen LogP contribution in [0.4, 0.5) is 0 Å². The summed E-state index contributed by atoms with van der Waals surface area (Å²) in [6, 6.07) is 4.20. The summed E-state index contributed by atoms with van der Waals surface area (Å²) in [5.74, 6) is 0.795. The van der Waals surface area contributed by atoms with Gasteiger partial charge in [0.15, 0.2) is 11.5 Å². The highest BCUT2D eigenvalue weighted by Gasteiger charge is 2.51. The molecule has 19 heavy (non-hydrogen) atoms. The smallest absolute Gasteiger partial charge is 0.157 e. The highest BCUT2D eigenvalue weighted by Crippen LogP contribution is 2.55. The first kappa shape index (κ1) is 11.6. The quantitative estimate of drug-likeness (QED) is 0.627. The van der Waals surface area contributed by atoms with Crippen LogP contribution in [0.25, 0.3) is 0 Å². The molecule has 1 aromatic carbocycles. The number of nitrogens with one attached hydrogen (secondary N) is 1. The molecule has 0 amide bonds. The number of aromatic hydroxyl groups is 2. The molecule has 3 N–H and O–H groups in total. The summed E-state index contributed by atoms with van der Waals surface area (Å²) in [5.41, 5.74) is 2.82. The lowest BCUT2D eigenvalue weighted by atomic mass is 9.53. The Labute approximate surface area is 113 Å². The first-order valence-corrected chi connectivity index (χ1v) is 7.49. The molecular formula is C16H21NO2. The Morgan fingerprint density at radius 2 is 1.95 bits per heavy atom. The zero-order valence-corrected chi connectivity index (χ0v) is 11.2. The Balaban J connectivity index is 1.92. The van der Waals surface area contributed by atoms with E-state index in [0.717, 1.165) is 13.0 Å². The minimum Gasteiger partial charge on any atom is -0.504 e. The van der Waals surface area contributed by atoms with E-state index in [0.29, 0.717) is 12.0 Å². The molecule has 4 rings (SSSR count). The maximum Gasteiger partial charge on any atom is 0.157 e. The van der Waals surface area contributed by atoms with Crippen LogP contribution in [0.1, 0.15) is 43.2 Å². The molecule has 2 aliphatic carbocycles. The molecular weight excluding hydrogens is 238 g/mol. The Bertz CT molecular complexity index is 524. The van der Waals surface area contributed by atoms with Gasteiger partial charge in [-0.3, -0.25) is 0 Å². The van der Waals surface area contributed by atoms with E-state index in [1.807, 2.05) is 6.07 Å². The van der Waals surface area contributed by atoms with Gasteiger partial charge < -0.3 is 15.5 Å². The summed E-state index contributed by atoms with van der Waals surface area (Å²) in [5, 5.41) is 23.3. The fourth-order valence-electron chi connectivity index (χ4n) is 4.96. The van der Waals surface area contributed by atoms with Crippen LogP contribution in [0, 0.1) is 5.92 Å². The Kier molecular flexibility index (Phi) is 2.37. The maximum absolute atomic E-state index is 9.89. The summed E-state index contributed by atoms with van der Waals surface area (Å²) in [6.45, 7) is 1.09. The average Bonchev–Trinajstić information content (AvgIpc) is 2.41. The van der Waals surface area contributed by atoms with Gasteiger partial charge in [0, 0.05) is 11.5 Å². The first-order valence-electron chi connectivity index (χ1n) is 7.49. The van der Waals surface area contributed by atoms with Crippen LogP contribution in [0.3, 0.4) is 0 Å². The van der Waals surface area contributed by atoms with Gasteiger partial charge in [-0.2, -0.15) is 0 Å². The summed E-state index contributed by atoms with van der Waals surface area (Å²) < 4.78 is 0. The molecule has 1 aliphatic heterocycles. The van der Waals surface area contributed by atoms with E-state index in [1.54, 1.807) is 6.07 Å². The largest absolute Gasteiger partial charge is 0.504 e. The van der Waals surface area contributed by atoms with Crippen LogP contribution in [0.15, 0.2) is 12.1 Å². The van der Waals surface area contributed by atoms with E-state index >= 15 is 0 Å². The van der Waals surface area contributed by atoms with Gasteiger partial charge in [0.05, 0.1) is 0 Å². The number of hydrogen-bond acceptors (Lipinski definition) is 3. The van der Waals surface area contributed by atoms with Crippen molar-refractivity contribution in [2.24, 2.45) is 5.92 Å². The van der Waals surface area contributed by atoms with E-state index in [1.165, 1.54) is 43.2 Å². The third-order valence-corrected chi connectivity index (χ3v) is 5.74. The molecule has 1 saturated carbocycles. The van der Waals surface area contributed by atoms with E-state index in [-0.39, 0.29) is 16.9 Å². The standard InChI is InChI=1S/C16H21NO2/c18-14-8-10-7-13-11-3-1-2-4-16(11,5-6-17-13)12(10)9-15(14)19/h8-9,11,13,17-19H,1-7H2/t11-,13+,16+/m1/s1. The second-order valence-electron chi connectivity index (χ2n) is 6.52. The third-order valence-electron chi connectivity index (χ3n) is 5.74. The van der Waals surface area contributed by atoms with Gasteiger partial charge >= 0.3 is 0 Å². The lowest BCUT2D eigenvalue weighted by Crippen LogP contribution is -2.59. The van der Waals surface area contributed by atoms with Crippen LogP contribution in [0.2, 0.25) is 0 Å². The van der Waals surface area contributed by atoms with Crippen LogP contribution in [-0.4, -0.2) is 22.8 Å². The molecule has 3 nitrogen and oxygen atoms in total. The normalized spacial score (nSPS) is 36.4. The molecule has 0 aromatic heterocycles. The van der Waals surface area contributed by atoms with Crippen LogP contribution in [0.5, 0.6) is 11.5 Å². The van der Waals surface area contributed by atoms with Crippen molar-refractivity contribution in [2.75, 3.05) is 6.54 Å². The Hall–Kier alpha value is -1.22. The molecule has 0 radical (unpaired) electrons. The van der Waals surface area contributed by atoms with Crippen LogP contribution >= 0.6 is 0 Å². The van der Waals surface area contributed by atoms with E-state index in [4.69, 9.17) is 0 Å². The van der Waals surface area contributed by atoms with Crippen LogP contribution in [-0.2, 0) is 11.8 Å². The minimum atomic E-state index is 0.0301. The molecule has 3 aliphatic rings. The van der Waals surface area contributed by atoms with Crippen molar-refractivity contribution in [1.82, 2.24) is 5.32 Å². The molecule has 0 spiro atoms. The molecule has 102 valence electrons. The highest BCUT2D eigenvalue weighted by molar-refractivity contribution is 5.51. The highest BCUT2D eigenvalue weighted by atomic mass is 16.3. The summed E-state index contributed by atoms with van der Waals surface area (Å²) in [7, 11) is 0. The summed E-state index contributed by atoms with van der Waals surface area (Å²) >= 11 is 0. The first-order chi connectivity index (χ1) is 9.21. The SMILES string of the molecule is Oc1cc2c(cc1O)[C@]13CCCC[C@@H]1[C@H](C2)NCC3. The van der Waals surface area contributed by atoms with Crippen molar-refractivity contribution in [3.63, 3.8) is 0 Å². The maximum atomic E-state index is 9.89. The lowest BCUT2D eigenvalue weighted by Gasteiger charge is -2.56. The third kappa shape index (κ3) is 1.48. The topological polar surface area (TPSA) is 52.5 Å². The van der Waals surface area contributed by atoms with Gasteiger partial charge in [0.1, 0.15) is 0 Å². The molecule has 2 fully saturated rings. The van der Waals surface area contributed by atoms with Crippen molar-refractivity contribution in [3.05, 3.63) is 23.3 Å². The van der Waals surface area contributed by atoms with E-state index < -0.39 is 0 Å². The van der Waals surface area contributed by atoms with Gasteiger partial charge in [0.2, 0.25) is 0 Å². The number of hydrogen-bond donors (Lipinski definition) is 3. The van der Waals surface area contributed by atoms with Gasteiger partial charge in [-0.05, 0) is 61.4 Å². The predicted molar refractivity (Wildman–Crippen MR) is 73.5 cm³/mol. The fraction of sp³-hybridized carbons (Fsp3) is 0.625. The molecule has 3 atom stereocenters. The van der Waals surface area contributed by atoms with E-state index in [9.17, 15) is 10.2 Å². The summed E-state index contributed by atoms with van der Waals surface area (Å²) in [6.07, 6.45) is 7.35. The van der Waals surface area contributed by atoms with Gasteiger partial charge in [0.25, 0.3) is 0 Å². The molecule has 2 bridgehead atoms. The molecule has 1 saturated heterocycles. The zero-order valence-electron chi connectivity index (χ0n) is 11.2. The average molecular weight is 259 g/mol. The van der Waals surface area contributed by atoms with Gasteiger partial charge in [-0.25, -0.2) is 0 Å². The minimum absolute atomic E-state index is 0.0301. The van der Waals surface area contributed by atoms with Crippen molar-refractivity contribution in [3.8, 4) is 11.5 Å². The van der Waals surface area contributed by atoms with E-state index in [2.05, 4.69) is 5.32 Å². The number of phenols is 2. The molecule has 1 heterocycles. The summed E-state index contributed by atoms with van der Waals surface area (Å²) in [4.78, 5) is 0. The van der Waals surface area contributed by atoms with Gasteiger partial charge in [-0.1, -0.05) is 12.8 Å². The lowest BCUT2D eigenvalue weighted by molar-refractivity contribution is 0.0794. The second kappa shape index (κ2) is 3.89. The zero-order chi connectivity index (χ0) is 13.0. The number of piperidine rings is 1. The van der Waals surface area contributed by atoms with Crippen LogP contribution < -0.4 is 5.32 Å². The number of fused-ring (bicyclic) bond motifs is 1. The van der Waals surface area contributed by atoms with Crippen molar-refractivity contribution in [2.45, 2.75) is 50.0 Å². The van der Waals surface area contributed by atoms with Gasteiger partial charge in [-0.15, -0.1) is 0 Å². The number of rotatable bonds is 0. The fourth-order valence-corrected chi connectivity index (χ4v) is 4.96. The second-order valence-corrected chi connectivity index (χ2v) is 6.52. The number of phenolic OH excluding ortho intramolecular Hbond substituents is 2. The van der Waals surface area contributed by atoms with Crippen molar-refractivity contribution >= 4 is 0 Å². The monoisotopic (exact) mass is 259 g/mol. The Morgan fingerprint density at radius 1 is 1.11 bits per heavy atom. The molecule has 3 heteroatoms. The predicted octanol–water partition coefficient (Wildman–Crippen LogP) is 2.44. The van der Waals surface area contributed by atoms with Crippen molar-refractivity contribution < 1.29 is 10.2 Å². The molecule has 1 aromatic rings. The number of benzene rings is 1.